The van der Waals surface area contributed by atoms with E-state index >= 15 is 0 Å². The monoisotopic (exact) mass is 282 g/mol. The predicted molar refractivity (Wildman–Crippen MR) is 78.2 cm³/mol. The van der Waals surface area contributed by atoms with Crippen molar-refractivity contribution in [2.24, 2.45) is 0 Å². The molecule has 0 amide bonds. The molecule has 0 bridgehead atoms. The number of carboxylic acids is 1. The maximum atomic E-state index is 12.1. The molecule has 0 aromatic heterocycles. The van der Waals surface area contributed by atoms with Crippen LogP contribution >= 0.6 is 0 Å². The highest BCUT2D eigenvalue weighted by Gasteiger charge is 2.11. The number of unbranched alkanes of at least 4 members (excludes halogenated alkanes) is 4. The molecule has 1 unspecified atom stereocenters. The van der Waals surface area contributed by atoms with Gasteiger partial charge in [-0.25, -0.2) is 4.79 Å². The fraction of sp³-hybridized carbons (Fsp3) is 0.533. The largest absolute Gasteiger partial charge is 0.478 e. The van der Waals surface area contributed by atoms with Gasteiger partial charge in [0.2, 0.25) is 0 Å². The van der Waals surface area contributed by atoms with Gasteiger partial charge in [-0.2, -0.15) is 0 Å². The van der Waals surface area contributed by atoms with E-state index in [2.05, 4.69) is 6.92 Å². The summed E-state index contributed by atoms with van der Waals surface area (Å²) in [6.07, 6.45) is 5.63. The number of benzene rings is 1. The lowest BCUT2D eigenvalue weighted by atomic mass is 10.1. The van der Waals surface area contributed by atoms with Crippen molar-refractivity contribution in [1.29, 1.82) is 0 Å². The number of hydrogen-bond donors (Lipinski definition) is 1. The van der Waals surface area contributed by atoms with Gasteiger partial charge < -0.3 is 5.11 Å². The van der Waals surface area contributed by atoms with Crippen LogP contribution in [0.25, 0.3) is 0 Å². The van der Waals surface area contributed by atoms with Crippen LogP contribution in [0.2, 0.25) is 0 Å². The Morgan fingerprint density at radius 2 is 1.89 bits per heavy atom. The number of rotatable bonds is 8. The first-order chi connectivity index (χ1) is 9.06. The summed E-state index contributed by atoms with van der Waals surface area (Å²) >= 11 is 0. The molecule has 1 aromatic carbocycles. The average molecular weight is 282 g/mol. The van der Waals surface area contributed by atoms with Crippen molar-refractivity contribution >= 4 is 16.8 Å². The Hall–Kier alpha value is -1.16. The van der Waals surface area contributed by atoms with Crippen LogP contribution in [0.4, 0.5) is 0 Å². The first kappa shape index (κ1) is 15.9. The van der Waals surface area contributed by atoms with Gasteiger partial charge in [0, 0.05) is 10.6 Å². The van der Waals surface area contributed by atoms with Gasteiger partial charge in [-0.3, -0.25) is 4.21 Å². The number of hydrogen-bond acceptors (Lipinski definition) is 2. The lowest BCUT2D eigenvalue weighted by Crippen LogP contribution is -2.04. The summed E-state index contributed by atoms with van der Waals surface area (Å²) in [6.45, 7) is 3.92. The van der Waals surface area contributed by atoms with E-state index in [1.165, 1.54) is 19.3 Å². The molecule has 0 radical (unpaired) electrons. The molecule has 1 aromatic rings. The molecule has 0 aliphatic heterocycles. The second-order valence-electron chi connectivity index (χ2n) is 4.75. The van der Waals surface area contributed by atoms with E-state index in [1.807, 2.05) is 0 Å². The summed E-state index contributed by atoms with van der Waals surface area (Å²) in [4.78, 5) is 11.7. The SMILES string of the molecule is CCCCCCCS(=O)c1ccc(C)c(C(=O)O)c1. The van der Waals surface area contributed by atoms with Crippen molar-refractivity contribution in [2.75, 3.05) is 5.75 Å². The first-order valence-corrected chi connectivity index (χ1v) is 8.10. The Balaban J connectivity index is 2.57. The van der Waals surface area contributed by atoms with Gasteiger partial charge in [-0.15, -0.1) is 0 Å². The summed E-state index contributed by atoms with van der Waals surface area (Å²) in [5.74, 6) is -0.342. The van der Waals surface area contributed by atoms with E-state index < -0.39 is 16.8 Å². The average Bonchev–Trinajstić information content (AvgIpc) is 2.38. The Morgan fingerprint density at radius 1 is 1.21 bits per heavy atom. The lowest BCUT2D eigenvalue weighted by molar-refractivity contribution is 0.0696. The summed E-state index contributed by atoms with van der Waals surface area (Å²) < 4.78 is 12.1. The fourth-order valence-corrected chi connectivity index (χ4v) is 3.10. The molecule has 0 saturated carbocycles. The number of aromatic carboxylic acids is 1. The van der Waals surface area contributed by atoms with Crippen LogP contribution in [0.1, 0.15) is 54.9 Å². The molecule has 4 heteroatoms. The van der Waals surface area contributed by atoms with Gasteiger partial charge in [0.1, 0.15) is 0 Å². The molecule has 19 heavy (non-hydrogen) atoms. The number of aryl methyl sites for hydroxylation is 1. The minimum atomic E-state index is -1.09. The molecule has 106 valence electrons. The number of carbonyl (C=O) groups is 1. The smallest absolute Gasteiger partial charge is 0.335 e. The van der Waals surface area contributed by atoms with Crippen LogP contribution in [-0.4, -0.2) is 21.0 Å². The van der Waals surface area contributed by atoms with E-state index in [0.29, 0.717) is 16.2 Å². The molecule has 1 atom stereocenters. The second kappa shape index (κ2) is 8.10. The molecule has 1 N–H and O–H groups in total. The van der Waals surface area contributed by atoms with Gasteiger partial charge in [-0.1, -0.05) is 38.7 Å². The van der Waals surface area contributed by atoms with Gasteiger partial charge in [-0.05, 0) is 31.0 Å². The summed E-state index contributed by atoms with van der Waals surface area (Å²) in [6, 6.07) is 5.04. The zero-order chi connectivity index (χ0) is 14.3. The first-order valence-electron chi connectivity index (χ1n) is 6.78. The summed E-state index contributed by atoms with van der Waals surface area (Å²) in [5.41, 5.74) is 0.952. The van der Waals surface area contributed by atoms with Crippen molar-refractivity contribution in [1.82, 2.24) is 0 Å². The van der Waals surface area contributed by atoms with Crippen LogP contribution < -0.4 is 0 Å². The van der Waals surface area contributed by atoms with Gasteiger partial charge in [0.25, 0.3) is 0 Å². The maximum absolute atomic E-state index is 12.1. The zero-order valence-corrected chi connectivity index (χ0v) is 12.5. The number of carboxylic acid groups (broad SMARTS) is 1. The van der Waals surface area contributed by atoms with Crippen molar-refractivity contribution in [3.63, 3.8) is 0 Å². The van der Waals surface area contributed by atoms with Crippen LogP contribution in [0.5, 0.6) is 0 Å². The molecule has 0 spiro atoms. The lowest BCUT2D eigenvalue weighted by Gasteiger charge is -2.06. The predicted octanol–water partition coefficient (Wildman–Crippen LogP) is 3.77. The summed E-state index contributed by atoms with van der Waals surface area (Å²) in [5, 5.41) is 9.05. The van der Waals surface area contributed by atoms with Gasteiger partial charge in [0.05, 0.1) is 16.4 Å². The van der Waals surface area contributed by atoms with E-state index in [4.69, 9.17) is 5.11 Å². The molecule has 0 heterocycles. The van der Waals surface area contributed by atoms with Crippen molar-refractivity contribution in [2.45, 2.75) is 50.8 Å². The Bertz CT molecular complexity index is 455. The van der Waals surface area contributed by atoms with E-state index in [1.54, 1.807) is 25.1 Å². The Labute approximate surface area is 117 Å². The third kappa shape index (κ3) is 5.15. The van der Waals surface area contributed by atoms with E-state index in [9.17, 15) is 9.00 Å². The van der Waals surface area contributed by atoms with Crippen molar-refractivity contribution in [3.05, 3.63) is 29.3 Å². The van der Waals surface area contributed by atoms with Crippen molar-refractivity contribution in [3.8, 4) is 0 Å². The Kier molecular flexibility index (Phi) is 6.78. The molecular weight excluding hydrogens is 260 g/mol. The quantitative estimate of drug-likeness (QED) is 0.738. The highest BCUT2D eigenvalue weighted by atomic mass is 32.2. The van der Waals surface area contributed by atoms with Crippen LogP contribution in [0.3, 0.4) is 0 Å². The third-order valence-electron chi connectivity index (χ3n) is 3.14. The Morgan fingerprint density at radius 3 is 2.53 bits per heavy atom. The van der Waals surface area contributed by atoms with Gasteiger partial charge >= 0.3 is 5.97 Å². The molecule has 0 fully saturated rings. The van der Waals surface area contributed by atoms with Crippen LogP contribution in [0, 0.1) is 6.92 Å². The zero-order valence-electron chi connectivity index (χ0n) is 11.6. The van der Waals surface area contributed by atoms with E-state index in [-0.39, 0.29) is 5.56 Å². The normalized spacial score (nSPS) is 12.3. The minimum absolute atomic E-state index is 0.247. The molecule has 0 aliphatic carbocycles. The topological polar surface area (TPSA) is 54.4 Å². The summed E-state index contributed by atoms with van der Waals surface area (Å²) in [7, 11) is -1.09. The molecule has 3 nitrogen and oxygen atoms in total. The molecule has 0 saturated heterocycles. The highest BCUT2D eigenvalue weighted by Crippen LogP contribution is 2.16. The molecule has 1 rings (SSSR count). The van der Waals surface area contributed by atoms with Gasteiger partial charge in [0.15, 0.2) is 0 Å². The standard InChI is InChI=1S/C15H22O3S/c1-3-4-5-6-7-10-19(18)13-9-8-12(2)14(11-13)15(16)17/h8-9,11H,3-7,10H2,1-2H3,(H,16,17). The van der Waals surface area contributed by atoms with E-state index in [0.717, 1.165) is 12.8 Å². The second-order valence-corrected chi connectivity index (χ2v) is 6.32. The maximum Gasteiger partial charge on any atom is 0.335 e. The van der Waals surface area contributed by atoms with Crippen molar-refractivity contribution < 1.29 is 14.1 Å². The minimum Gasteiger partial charge on any atom is -0.478 e. The fourth-order valence-electron chi connectivity index (χ4n) is 1.93. The highest BCUT2D eigenvalue weighted by molar-refractivity contribution is 7.85. The third-order valence-corrected chi connectivity index (χ3v) is 4.57. The molecular formula is C15H22O3S. The van der Waals surface area contributed by atoms with Crippen LogP contribution in [0.15, 0.2) is 23.1 Å². The van der Waals surface area contributed by atoms with Crippen LogP contribution in [-0.2, 0) is 10.8 Å². The molecule has 0 aliphatic rings.